The largest absolute Gasteiger partial charge is 0.414 e. The van der Waals surface area contributed by atoms with Crippen LogP contribution in [0.25, 0.3) is 0 Å². The molecule has 0 aromatic rings. The van der Waals surface area contributed by atoms with Crippen LogP contribution >= 0.6 is 0 Å². The molecular formula is C11H22OSi. The van der Waals surface area contributed by atoms with Crippen molar-refractivity contribution in [2.24, 2.45) is 0 Å². The average molecular weight is 198 g/mol. The molecule has 2 aliphatic rings. The third-order valence-electron chi connectivity index (χ3n) is 3.66. The average Bonchev–Trinajstić information content (AvgIpc) is 2.54. The van der Waals surface area contributed by atoms with Crippen molar-refractivity contribution in [3.05, 3.63) is 0 Å². The Labute approximate surface area is 83.0 Å². The van der Waals surface area contributed by atoms with Gasteiger partial charge in [-0.3, -0.25) is 0 Å². The topological polar surface area (TPSA) is 9.23 Å². The first-order chi connectivity index (χ1) is 6.29. The van der Waals surface area contributed by atoms with E-state index in [0.717, 1.165) is 0 Å². The minimum Gasteiger partial charge on any atom is -0.414 e. The van der Waals surface area contributed by atoms with Crippen molar-refractivity contribution >= 4 is 8.32 Å². The van der Waals surface area contributed by atoms with E-state index in [4.69, 9.17) is 4.43 Å². The monoisotopic (exact) mass is 198 g/mol. The van der Waals surface area contributed by atoms with Gasteiger partial charge in [-0.05, 0) is 31.5 Å². The van der Waals surface area contributed by atoms with Crippen LogP contribution in [-0.2, 0) is 4.43 Å². The molecule has 1 nitrogen and oxygen atoms in total. The summed E-state index contributed by atoms with van der Waals surface area (Å²) in [5.74, 6) is 0. The maximum absolute atomic E-state index is 6.38. The molecule has 1 saturated carbocycles. The second-order valence-electron chi connectivity index (χ2n) is 5.03. The van der Waals surface area contributed by atoms with Gasteiger partial charge in [0.25, 0.3) is 0 Å². The summed E-state index contributed by atoms with van der Waals surface area (Å²) in [6.45, 7) is 2.45. The first kappa shape index (κ1) is 9.72. The molecule has 76 valence electrons. The number of rotatable bonds is 2. The van der Waals surface area contributed by atoms with Gasteiger partial charge in [0.15, 0.2) is 8.32 Å². The normalized spacial score (nSPS) is 29.3. The van der Waals surface area contributed by atoms with Gasteiger partial charge in [-0.1, -0.05) is 32.1 Å². The summed E-state index contributed by atoms with van der Waals surface area (Å²) in [7, 11) is -1.17. The summed E-state index contributed by atoms with van der Waals surface area (Å²) >= 11 is 0. The van der Waals surface area contributed by atoms with E-state index >= 15 is 0 Å². The first-order valence-electron chi connectivity index (χ1n) is 5.96. The molecule has 1 heterocycles. The first-order valence-corrected chi connectivity index (χ1v) is 8.79. The van der Waals surface area contributed by atoms with Gasteiger partial charge in [0, 0.05) is 6.10 Å². The van der Waals surface area contributed by atoms with Gasteiger partial charge in [-0.2, -0.15) is 0 Å². The van der Waals surface area contributed by atoms with Crippen molar-refractivity contribution in [2.45, 2.75) is 69.7 Å². The second-order valence-corrected chi connectivity index (χ2v) is 9.17. The zero-order valence-corrected chi connectivity index (χ0v) is 9.85. The molecule has 0 amide bonds. The number of hydrogen-bond acceptors (Lipinski definition) is 1. The van der Waals surface area contributed by atoms with E-state index in [0.29, 0.717) is 6.10 Å². The van der Waals surface area contributed by atoms with E-state index < -0.39 is 8.32 Å². The summed E-state index contributed by atoms with van der Waals surface area (Å²) in [5, 5.41) is 0. The van der Waals surface area contributed by atoms with Crippen molar-refractivity contribution in [1.82, 2.24) is 0 Å². The molecule has 13 heavy (non-hydrogen) atoms. The van der Waals surface area contributed by atoms with E-state index in [1.54, 1.807) is 0 Å². The van der Waals surface area contributed by atoms with Gasteiger partial charge >= 0.3 is 0 Å². The van der Waals surface area contributed by atoms with Crippen LogP contribution in [0.1, 0.15) is 44.9 Å². The molecule has 0 bridgehead atoms. The van der Waals surface area contributed by atoms with E-state index in [-0.39, 0.29) is 0 Å². The van der Waals surface area contributed by atoms with Crippen LogP contribution in [0.15, 0.2) is 0 Å². The highest BCUT2D eigenvalue weighted by atomic mass is 28.4. The summed E-state index contributed by atoms with van der Waals surface area (Å²) in [5.41, 5.74) is 0. The molecule has 0 atom stereocenters. The fourth-order valence-corrected chi connectivity index (χ4v) is 6.35. The van der Waals surface area contributed by atoms with Crippen molar-refractivity contribution < 1.29 is 4.43 Å². The highest BCUT2D eigenvalue weighted by Gasteiger charge is 2.35. The van der Waals surface area contributed by atoms with Crippen LogP contribution in [0.5, 0.6) is 0 Å². The molecule has 0 unspecified atom stereocenters. The van der Waals surface area contributed by atoms with Crippen molar-refractivity contribution in [1.29, 1.82) is 0 Å². The molecule has 1 saturated heterocycles. The zero-order valence-electron chi connectivity index (χ0n) is 8.85. The lowest BCUT2D eigenvalue weighted by Crippen LogP contribution is -2.36. The summed E-state index contributed by atoms with van der Waals surface area (Å²) in [6.07, 6.45) is 10.5. The summed E-state index contributed by atoms with van der Waals surface area (Å²) < 4.78 is 6.38. The zero-order chi connectivity index (χ0) is 9.15. The molecule has 0 aromatic heterocycles. The molecule has 0 N–H and O–H groups in total. The van der Waals surface area contributed by atoms with Crippen LogP contribution in [0.2, 0.25) is 18.6 Å². The third kappa shape index (κ3) is 2.56. The van der Waals surface area contributed by atoms with Gasteiger partial charge < -0.3 is 4.43 Å². The van der Waals surface area contributed by atoms with Gasteiger partial charge in [-0.25, -0.2) is 0 Å². The van der Waals surface area contributed by atoms with E-state index in [9.17, 15) is 0 Å². The molecule has 1 aliphatic carbocycles. The van der Waals surface area contributed by atoms with Gasteiger partial charge in [0.2, 0.25) is 0 Å². The standard InChI is InChI=1S/C11H22OSi/c1-13(9-5-6-10-13)12-11-7-3-2-4-8-11/h11H,2-10H2,1H3. The molecule has 2 heteroatoms. The van der Waals surface area contributed by atoms with Gasteiger partial charge in [-0.15, -0.1) is 0 Å². The SMILES string of the molecule is C[Si]1(OC2CCCCC2)CCCC1. The molecule has 0 spiro atoms. The predicted molar refractivity (Wildman–Crippen MR) is 58.4 cm³/mol. The van der Waals surface area contributed by atoms with Crippen LogP contribution in [-0.4, -0.2) is 14.4 Å². The predicted octanol–water partition coefficient (Wildman–Crippen LogP) is 3.70. The van der Waals surface area contributed by atoms with E-state index in [2.05, 4.69) is 6.55 Å². The molecule has 2 fully saturated rings. The minimum absolute atomic E-state index is 0.656. The highest BCUT2D eigenvalue weighted by Crippen LogP contribution is 2.34. The Morgan fingerprint density at radius 3 is 2.15 bits per heavy atom. The Balaban J connectivity index is 1.81. The third-order valence-corrected chi connectivity index (χ3v) is 7.39. The Kier molecular flexibility index (Phi) is 3.09. The van der Waals surface area contributed by atoms with Crippen molar-refractivity contribution in [3.63, 3.8) is 0 Å². The van der Waals surface area contributed by atoms with Crippen LogP contribution in [0.4, 0.5) is 0 Å². The Morgan fingerprint density at radius 2 is 1.54 bits per heavy atom. The van der Waals surface area contributed by atoms with Crippen LogP contribution in [0.3, 0.4) is 0 Å². The molecule has 0 aromatic carbocycles. The quantitative estimate of drug-likeness (QED) is 0.615. The fourth-order valence-electron chi connectivity index (χ4n) is 2.83. The molecule has 1 aliphatic heterocycles. The second kappa shape index (κ2) is 4.14. The smallest absolute Gasteiger partial charge is 0.190 e. The Hall–Kier alpha value is 0.177. The van der Waals surface area contributed by atoms with Crippen molar-refractivity contribution in [2.75, 3.05) is 0 Å². The summed E-state index contributed by atoms with van der Waals surface area (Å²) in [4.78, 5) is 0. The Morgan fingerprint density at radius 1 is 0.923 bits per heavy atom. The fraction of sp³-hybridized carbons (Fsp3) is 1.00. The molecule has 0 radical (unpaired) electrons. The minimum atomic E-state index is -1.17. The van der Waals surface area contributed by atoms with Gasteiger partial charge in [0.05, 0.1) is 0 Å². The van der Waals surface area contributed by atoms with Gasteiger partial charge in [0.1, 0.15) is 0 Å². The molecule has 2 rings (SSSR count). The maximum Gasteiger partial charge on any atom is 0.190 e. The highest BCUT2D eigenvalue weighted by molar-refractivity contribution is 6.73. The van der Waals surface area contributed by atoms with Crippen LogP contribution < -0.4 is 0 Å². The van der Waals surface area contributed by atoms with Crippen LogP contribution in [0, 0.1) is 0 Å². The Bertz CT molecular complexity index is 157. The lowest BCUT2D eigenvalue weighted by Gasteiger charge is -2.31. The van der Waals surface area contributed by atoms with E-state index in [1.807, 2.05) is 0 Å². The lowest BCUT2D eigenvalue weighted by atomic mass is 9.98. The maximum atomic E-state index is 6.38. The number of hydrogen-bond donors (Lipinski definition) is 0. The molecular weight excluding hydrogens is 176 g/mol. The lowest BCUT2D eigenvalue weighted by molar-refractivity contribution is 0.145. The van der Waals surface area contributed by atoms with E-state index in [1.165, 1.54) is 57.0 Å². The summed E-state index contributed by atoms with van der Waals surface area (Å²) in [6, 6.07) is 2.87. The van der Waals surface area contributed by atoms with Crippen molar-refractivity contribution in [3.8, 4) is 0 Å².